The van der Waals surface area contributed by atoms with Crippen LogP contribution < -0.4 is 11.5 Å². The highest BCUT2D eigenvalue weighted by atomic mass is 32.3. The molecular weight excluding hydrogens is 284 g/mol. The van der Waals surface area contributed by atoms with Gasteiger partial charge in [-0.15, -0.1) is 0 Å². The number of benzene rings is 1. The molecule has 0 aliphatic heterocycles. The lowest BCUT2D eigenvalue weighted by Gasteiger charge is -2.04. The molecule has 110 valence electrons. The van der Waals surface area contributed by atoms with E-state index < -0.39 is 10.4 Å². The van der Waals surface area contributed by atoms with Crippen molar-refractivity contribution in [3.05, 3.63) is 41.6 Å². The quantitative estimate of drug-likeness (QED) is 0.599. The van der Waals surface area contributed by atoms with Crippen LogP contribution in [-0.4, -0.2) is 27.3 Å². The Morgan fingerprint density at radius 3 is 2.10 bits per heavy atom. The summed E-state index contributed by atoms with van der Waals surface area (Å²) in [6.07, 6.45) is 1.57. The zero-order chi connectivity index (χ0) is 15.3. The maximum Gasteiger partial charge on any atom is 0.394 e. The number of nitrogens with two attached hydrogens (primary N) is 2. The molecule has 0 saturated heterocycles. The molecule has 8 nitrogen and oxygen atoms in total. The molecule has 0 unspecified atom stereocenters. The first-order valence-electron chi connectivity index (χ1n) is 5.49. The average molecular weight is 300 g/mol. The third-order valence-electron chi connectivity index (χ3n) is 2.36. The molecule has 0 bridgehead atoms. The van der Waals surface area contributed by atoms with Gasteiger partial charge in [0, 0.05) is 0 Å². The highest BCUT2D eigenvalue weighted by Crippen LogP contribution is 2.14. The van der Waals surface area contributed by atoms with Gasteiger partial charge in [-0.25, -0.2) is 4.68 Å². The van der Waals surface area contributed by atoms with Crippen LogP contribution in [-0.2, 0) is 16.9 Å². The first-order valence-corrected chi connectivity index (χ1v) is 6.88. The summed E-state index contributed by atoms with van der Waals surface area (Å²) < 4.78 is 33.3. The summed E-state index contributed by atoms with van der Waals surface area (Å²) in [5, 5.41) is 4.10. The van der Waals surface area contributed by atoms with Crippen molar-refractivity contribution in [3.8, 4) is 0 Å². The van der Waals surface area contributed by atoms with E-state index in [1.165, 1.54) is 5.56 Å². The van der Waals surface area contributed by atoms with E-state index in [-0.39, 0.29) is 0 Å². The number of anilines is 2. The van der Waals surface area contributed by atoms with Gasteiger partial charge in [-0.3, -0.25) is 9.11 Å². The Bertz CT molecular complexity index is 656. The zero-order valence-electron chi connectivity index (χ0n) is 10.8. The lowest BCUT2D eigenvalue weighted by atomic mass is 10.1. The number of hydrogen-bond donors (Lipinski definition) is 4. The molecule has 9 heteroatoms. The highest BCUT2D eigenvalue weighted by Gasteiger charge is 2.03. The van der Waals surface area contributed by atoms with Crippen molar-refractivity contribution in [2.75, 3.05) is 11.5 Å². The van der Waals surface area contributed by atoms with E-state index in [0.29, 0.717) is 18.1 Å². The maximum atomic E-state index is 8.74. The Balaban J connectivity index is 0.000000347. The van der Waals surface area contributed by atoms with Crippen molar-refractivity contribution in [1.82, 2.24) is 9.78 Å². The van der Waals surface area contributed by atoms with Gasteiger partial charge in [-0.1, -0.05) is 29.8 Å². The second-order valence-electron chi connectivity index (χ2n) is 4.08. The van der Waals surface area contributed by atoms with Crippen LogP contribution in [0.15, 0.2) is 30.5 Å². The van der Waals surface area contributed by atoms with Gasteiger partial charge in [0.2, 0.25) is 0 Å². The molecule has 1 aromatic heterocycles. The molecule has 0 aliphatic rings. The predicted molar refractivity (Wildman–Crippen MR) is 75.5 cm³/mol. The van der Waals surface area contributed by atoms with Gasteiger partial charge >= 0.3 is 10.4 Å². The minimum atomic E-state index is -4.67. The summed E-state index contributed by atoms with van der Waals surface area (Å²) in [5.74, 6) is 0.524. The number of aromatic nitrogens is 2. The first kappa shape index (κ1) is 16.0. The lowest BCUT2D eigenvalue weighted by molar-refractivity contribution is 0.381. The second-order valence-corrected chi connectivity index (χ2v) is 4.97. The number of nitrogen functional groups attached to an aromatic ring is 2. The number of hydrogen-bond acceptors (Lipinski definition) is 5. The summed E-state index contributed by atoms with van der Waals surface area (Å²) in [7, 11) is -4.67. The molecule has 2 aromatic rings. The largest absolute Gasteiger partial charge is 0.394 e. The van der Waals surface area contributed by atoms with Crippen molar-refractivity contribution in [3.63, 3.8) is 0 Å². The molecule has 20 heavy (non-hydrogen) atoms. The Morgan fingerprint density at radius 2 is 1.70 bits per heavy atom. The molecule has 0 spiro atoms. The summed E-state index contributed by atoms with van der Waals surface area (Å²) >= 11 is 0. The van der Waals surface area contributed by atoms with Crippen molar-refractivity contribution in [2.24, 2.45) is 0 Å². The van der Waals surface area contributed by atoms with Crippen molar-refractivity contribution in [2.45, 2.75) is 13.5 Å². The summed E-state index contributed by atoms with van der Waals surface area (Å²) in [6.45, 7) is 2.72. The van der Waals surface area contributed by atoms with Gasteiger partial charge in [0.15, 0.2) is 0 Å². The monoisotopic (exact) mass is 300 g/mol. The Hall–Kier alpha value is -2.10. The van der Waals surface area contributed by atoms with E-state index in [9.17, 15) is 0 Å². The van der Waals surface area contributed by atoms with E-state index in [0.717, 1.165) is 5.56 Å². The van der Waals surface area contributed by atoms with Crippen molar-refractivity contribution < 1.29 is 17.5 Å². The summed E-state index contributed by atoms with van der Waals surface area (Å²) in [6, 6.07) is 8.26. The number of rotatable bonds is 2. The number of aryl methyl sites for hydroxylation is 1. The first-order chi connectivity index (χ1) is 9.16. The van der Waals surface area contributed by atoms with Crippen molar-refractivity contribution in [1.29, 1.82) is 0 Å². The van der Waals surface area contributed by atoms with E-state index >= 15 is 0 Å². The average Bonchev–Trinajstić information content (AvgIpc) is 2.62. The maximum absolute atomic E-state index is 8.74. The smallest absolute Gasteiger partial charge is 0.394 e. The fourth-order valence-electron chi connectivity index (χ4n) is 1.40. The molecule has 6 N–H and O–H groups in total. The summed E-state index contributed by atoms with van der Waals surface area (Å²) in [5.41, 5.74) is 14.3. The third-order valence-corrected chi connectivity index (χ3v) is 2.36. The standard InChI is InChI=1S/C11H14N4.H2O4S/c1-8-2-4-9(5-3-8)7-15-11(13)10(12)6-14-15;1-5(2,3)4/h2-6H,7,12-13H2,1H3;(H2,1,2,3,4). The fourth-order valence-corrected chi connectivity index (χ4v) is 1.40. The van der Waals surface area contributed by atoms with E-state index in [2.05, 4.69) is 36.3 Å². The van der Waals surface area contributed by atoms with Crippen LogP contribution in [0.3, 0.4) is 0 Å². The minimum absolute atomic E-state index is 0.524. The third kappa shape index (κ3) is 5.69. The molecule has 1 heterocycles. The van der Waals surface area contributed by atoms with Gasteiger partial charge in [-0.2, -0.15) is 13.5 Å². The van der Waals surface area contributed by atoms with Crippen LogP contribution in [0, 0.1) is 6.92 Å². The molecule has 0 saturated carbocycles. The van der Waals surface area contributed by atoms with Crippen LogP contribution in [0.1, 0.15) is 11.1 Å². The topological polar surface area (TPSA) is 144 Å². The fraction of sp³-hybridized carbons (Fsp3) is 0.182. The molecule has 0 atom stereocenters. The second kappa shape index (κ2) is 6.37. The number of nitrogens with zero attached hydrogens (tertiary/aromatic N) is 2. The van der Waals surface area contributed by atoms with Crippen LogP contribution in [0.5, 0.6) is 0 Å². The van der Waals surface area contributed by atoms with Gasteiger partial charge in [0.05, 0.1) is 18.4 Å². The van der Waals surface area contributed by atoms with E-state index in [1.54, 1.807) is 10.9 Å². The Kier molecular flexibility index (Phi) is 5.08. The molecule has 0 fully saturated rings. The minimum Gasteiger partial charge on any atom is -0.394 e. The van der Waals surface area contributed by atoms with Crippen LogP contribution in [0.2, 0.25) is 0 Å². The van der Waals surface area contributed by atoms with Crippen LogP contribution in [0.4, 0.5) is 11.5 Å². The Labute approximate surface area is 116 Å². The van der Waals surface area contributed by atoms with E-state index in [4.69, 9.17) is 29.0 Å². The van der Waals surface area contributed by atoms with Crippen molar-refractivity contribution >= 4 is 21.9 Å². The molecule has 0 amide bonds. The van der Waals surface area contributed by atoms with Gasteiger partial charge in [0.25, 0.3) is 0 Å². The van der Waals surface area contributed by atoms with Crippen LogP contribution >= 0.6 is 0 Å². The molecule has 0 radical (unpaired) electrons. The zero-order valence-corrected chi connectivity index (χ0v) is 11.6. The Morgan fingerprint density at radius 1 is 1.20 bits per heavy atom. The summed E-state index contributed by atoms with van der Waals surface area (Å²) in [4.78, 5) is 0. The van der Waals surface area contributed by atoms with Crippen LogP contribution in [0.25, 0.3) is 0 Å². The predicted octanol–water partition coefficient (Wildman–Crippen LogP) is 0.751. The SMILES string of the molecule is Cc1ccc(Cn2ncc(N)c2N)cc1.O=S(=O)(O)O. The van der Waals surface area contributed by atoms with Gasteiger partial charge in [0.1, 0.15) is 5.82 Å². The lowest BCUT2D eigenvalue weighted by Crippen LogP contribution is -2.06. The van der Waals surface area contributed by atoms with Gasteiger partial charge in [-0.05, 0) is 12.5 Å². The molecule has 1 aromatic carbocycles. The van der Waals surface area contributed by atoms with Gasteiger partial charge < -0.3 is 11.5 Å². The van der Waals surface area contributed by atoms with E-state index in [1.807, 2.05) is 0 Å². The molecule has 2 rings (SSSR count). The normalized spacial score (nSPS) is 10.8. The molecular formula is C11H16N4O4S. The highest BCUT2D eigenvalue weighted by molar-refractivity contribution is 7.79. The molecule has 0 aliphatic carbocycles.